The molecule has 1 aromatic heterocycles. The lowest BCUT2D eigenvalue weighted by molar-refractivity contribution is -0.115. The molecule has 0 saturated heterocycles. The molecule has 0 aliphatic heterocycles. The Bertz CT molecular complexity index is 593. The highest BCUT2D eigenvalue weighted by molar-refractivity contribution is 9.10. The van der Waals surface area contributed by atoms with Crippen molar-refractivity contribution in [3.63, 3.8) is 0 Å². The van der Waals surface area contributed by atoms with Crippen LogP contribution in [0.1, 0.15) is 50.1 Å². The first kappa shape index (κ1) is 16.5. The van der Waals surface area contributed by atoms with Crippen LogP contribution in [-0.4, -0.2) is 10.7 Å². The van der Waals surface area contributed by atoms with Crippen molar-refractivity contribution < 1.29 is 4.79 Å². The van der Waals surface area contributed by atoms with E-state index in [0.717, 1.165) is 24.8 Å². The molecule has 0 bridgehead atoms. The minimum atomic E-state index is -0.259. The fourth-order valence-electron chi connectivity index (χ4n) is 2.74. The van der Waals surface area contributed by atoms with Crippen LogP contribution < -0.4 is 5.32 Å². The van der Waals surface area contributed by atoms with E-state index in [0.29, 0.717) is 16.5 Å². The van der Waals surface area contributed by atoms with Crippen molar-refractivity contribution in [2.24, 2.45) is 11.3 Å². The summed E-state index contributed by atoms with van der Waals surface area (Å²) < 4.78 is 0. The van der Waals surface area contributed by atoms with Gasteiger partial charge in [0.1, 0.15) is 11.1 Å². The molecule has 2 rings (SSSR count). The van der Waals surface area contributed by atoms with Gasteiger partial charge < -0.3 is 5.32 Å². The number of fused-ring (bicyclic) bond motifs is 1. The molecule has 0 spiro atoms. The third-order valence-corrected chi connectivity index (χ3v) is 5.79. The fraction of sp³-hybridized carbons (Fsp3) is 0.625. The molecule has 0 radical (unpaired) electrons. The van der Waals surface area contributed by atoms with Gasteiger partial charge in [-0.3, -0.25) is 4.79 Å². The predicted octanol–water partition coefficient (Wildman–Crippen LogP) is 4.49. The van der Waals surface area contributed by atoms with Crippen LogP contribution in [0, 0.1) is 22.7 Å². The van der Waals surface area contributed by atoms with E-state index >= 15 is 0 Å². The standard InChI is InChI=1S/C16H21BrN2OS/c1-9(17)14(20)19-15-12(8-18)11-6-5-10(16(2,3)4)7-13(11)21-15/h9-10H,5-7H2,1-4H3,(H,19,20)/t9-,10+/m0/s1. The van der Waals surface area contributed by atoms with E-state index in [-0.39, 0.29) is 16.1 Å². The summed E-state index contributed by atoms with van der Waals surface area (Å²) >= 11 is 4.84. The zero-order chi connectivity index (χ0) is 15.8. The van der Waals surface area contributed by atoms with Gasteiger partial charge in [0.25, 0.3) is 0 Å². The van der Waals surface area contributed by atoms with Crippen LogP contribution in [0.15, 0.2) is 0 Å². The smallest absolute Gasteiger partial charge is 0.238 e. The quantitative estimate of drug-likeness (QED) is 0.781. The normalized spacial score (nSPS) is 19.5. The topological polar surface area (TPSA) is 52.9 Å². The Labute approximate surface area is 138 Å². The summed E-state index contributed by atoms with van der Waals surface area (Å²) in [6.45, 7) is 8.61. The Balaban J connectivity index is 2.30. The van der Waals surface area contributed by atoms with E-state index in [1.54, 1.807) is 18.3 Å². The van der Waals surface area contributed by atoms with Crippen molar-refractivity contribution in [3.8, 4) is 6.07 Å². The molecule has 0 saturated carbocycles. The molecule has 1 aliphatic carbocycles. The first-order valence-electron chi connectivity index (χ1n) is 7.23. The van der Waals surface area contributed by atoms with E-state index in [1.807, 2.05) is 0 Å². The maximum atomic E-state index is 11.9. The minimum Gasteiger partial charge on any atom is -0.316 e. The van der Waals surface area contributed by atoms with Crippen molar-refractivity contribution in [3.05, 3.63) is 16.0 Å². The molecule has 2 atom stereocenters. The van der Waals surface area contributed by atoms with Crippen LogP contribution in [0.25, 0.3) is 0 Å². The Morgan fingerprint density at radius 1 is 1.52 bits per heavy atom. The third kappa shape index (κ3) is 3.49. The molecule has 3 nitrogen and oxygen atoms in total. The van der Waals surface area contributed by atoms with Gasteiger partial charge in [-0.2, -0.15) is 5.26 Å². The molecular formula is C16H21BrN2OS. The predicted molar refractivity (Wildman–Crippen MR) is 91.0 cm³/mol. The first-order chi connectivity index (χ1) is 9.74. The summed E-state index contributed by atoms with van der Waals surface area (Å²) in [5.41, 5.74) is 2.10. The summed E-state index contributed by atoms with van der Waals surface area (Å²) in [6.07, 6.45) is 3.07. The fourth-order valence-corrected chi connectivity index (χ4v) is 4.14. The van der Waals surface area contributed by atoms with Crippen LogP contribution in [0.5, 0.6) is 0 Å². The first-order valence-corrected chi connectivity index (χ1v) is 8.96. The summed E-state index contributed by atoms with van der Waals surface area (Å²) in [5, 5.41) is 13.0. The zero-order valence-electron chi connectivity index (χ0n) is 12.9. The SMILES string of the molecule is C[C@H](Br)C(=O)Nc1sc2c(c1C#N)CC[C@@H](C(C)(C)C)C2. The van der Waals surface area contributed by atoms with Gasteiger partial charge in [-0.1, -0.05) is 36.7 Å². The Hall–Kier alpha value is -0.860. The number of nitrogens with zero attached hydrogens (tertiary/aromatic N) is 1. The Morgan fingerprint density at radius 2 is 2.19 bits per heavy atom. The molecule has 114 valence electrons. The number of carbonyl (C=O) groups excluding carboxylic acids is 1. The van der Waals surface area contributed by atoms with Gasteiger partial charge in [-0.05, 0) is 43.1 Å². The summed E-state index contributed by atoms with van der Waals surface area (Å²) in [6, 6.07) is 2.28. The lowest BCUT2D eigenvalue weighted by atomic mass is 9.72. The molecule has 0 unspecified atom stereocenters. The van der Waals surface area contributed by atoms with Crippen molar-refractivity contribution in [2.45, 2.75) is 51.8 Å². The molecule has 0 fully saturated rings. The van der Waals surface area contributed by atoms with Crippen LogP contribution in [0.4, 0.5) is 5.00 Å². The Morgan fingerprint density at radius 3 is 2.71 bits per heavy atom. The van der Waals surface area contributed by atoms with Crippen LogP contribution >= 0.6 is 27.3 Å². The van der Waals surface area contributed by atoms with Crippen molar-refractivity contribution in [1.29, 1.82) is 5.26 Å². The van der Waals surface area contributed by atoms with E-state index in [2.05, 4.69) is 48.1 Å². The third-order valence-electron chi connectivity index (χ3n) is 4.20. The molecule has 1 aliphatic rings. The number of hydrogen-bond acceptors (Lipinski definition) is 3. The molecule has 21 heavy (non-hydrogen) atoms. The van der Waals surface area contributed by atoms with Crippen molar-refractivity contribution >= 4 is 38.2 Å². The van der Waals surface area contributed by atoms with Crippen LogP contribution in [0.2, 0.25) is 0 Å². The number of alkyl halides is 1. The average Bonchev–Trinajstić information content (AvgIpc) is 2.73. The number of carbonyl (C=O) groups is 1. The lowest BCUT2D eigenvalue weighted by Gasteiger charge is -2.33. The van der Waals surface area contributed by atoms with E-state index in [1.165, 1.54) is 4.88 Å². The molecule has 1 heterocycles. The van der Waals surface area contributed by atoms with E-state index in [9.17, 15) is 10.1 Å². The largest absolute Gasteiger partial charge is 0.316 e. The van der Waals surface area contributed by atoms with Crippen LogP contribution in [-0.2, 0) is 17.6 Å². The number of thiophene rings is 1. The van der Waals surface area contributed by atoms with E-state index < -0.39 is 0 Å². The number of anilines is 1. The second-order valence-electron chi connectivity index (χ2n) is 6.73. The lowest BCUT2D eigenvalue weighted by Crippen LogP contribution is -2.26. The number of halogens is 1. The maximum Gasteiger partial charge on any atom is 0.238 e. The highest BCUT2D eigenvalue weighted by Crippen LogP contribution is 2.44. The summed E-state index contributed by atoms with van der Waals surface area (Å²) in [4.78, 5) is 12.9. The maximum absolute atomic E-state index is 11.9. The number of amides is 1. The summed E-state index contributed by atoms with van der Waals surface area (Å²) in [7, 11) is 0. The molecular weight excluding hydrogens is 348 g/mol. The van der Waals surface area contributed by atoms with Gasteiger partial charge in [0.15, 0.2) is 0 Å². The molecule has 0 aromatic carbocycles. The van der Waals surface area contributed by atoms with Gasteiger partial charge >= 0.3 is 0 Å². The molecule has 1 aromatic rings. The number of nitrogens with one attached hydrogen (secondary N) is 1. The average molecular weight is 369 g/mol. The van der Waals surface area contributed by atoms with Gasteiger partial charge in [0.2, 0.25) is 5.91 Å². The highest BCUT2D eigenvalue weighted by atomic mass is 79.9. The van der Waals surface area contributed by atoms with Gasteiger partial charge in [-0.25, -0.2) is 0 Å². The number of rotatable bonds is 2. The zero-order valence-corrected chi connectivity index (χ0v) is 15.3. The second-order valence-corrected chi connectivity index (χ2v) is 9.21. The number of nitriles is 1. The van der Waals surface area contributed by atoms with Crippen molar-refractivity contribution in [2.75, 3.05) is 5.32 Å². The molecule has 5 heteroatoms. The minimum absolute atomic E-state index is 0.0996. The Kier molecular flexibility index (Phi) is 4.79. The second kappa shape index (κ2) is 6.10. The van der Waals surface area contributed by atoms with E-state index in [4.69, 9.17) is 0 Å². The molecule has 1 N–H and O–H groups in total. The van der Waals surface area contributed by atoms with Gasteiger partial charge in [0.05, 0.1) is 10.4 Å². The highest BCUT2D eigenvalue weighted by Gasteiger charge is 2.32. The van der Waals surface area contributed by atoms with Gasteiger partial charge in [-0.15, -0.1) is 11.3 Å². The van der Waals surface area contributed by atoms with Crippen molar-refractivity contribution in [1.82, 2.24) is 0 Å². The monoisotopic (exact) mass is 368 g/mol. The number of hydrogen-bond donors (Lipinski definition) is 1. The molecule has 1 amide bonds. The summed E-state index contributed by atoms with van der Waals surface area (Å²) in [5.74, 6) is 0.534. The van der Waals surface area contributed by atoms with Gasteiger partial charge in [0, 0.05) is 4.88 Å². The van der Waals surface area contributed by atoms with Crippen LogP contribution in [0.3, 0.4) is 0 Å².